The number of fused-ring (bicyclic) bond motifs is 2. The van der Waals surface area contributed by atoms with Gasteiger partial charge >= 0.3 is 0 Å². The molecule has 2 aliphatic heterocycles. The molecule has 2 unspecified atom stereocenters. The SMILES string of the molecule is CNCc1csc(S(=O)(=O)N2CCC3CCC(C2)N3C)c1. The lowest BCUT2D eigenvalue weighted by molar-refractivity contribution is 0.247. The maximum atomic E-state index is 12.8. The fourth-order valence-corrected chi connectivity index (χ4v) is 6.26. The van der Waals surface area contributed by atoms with E-state index < -0.39 is 10.0 Å². The van der Waals surface area contributed by atoms with Crippen LogP contribution in [-0.2, 0) is 16.6 Å². The van der Waals surface area contributed by atoms with Gasteiger partial charge in [0.2, 0.25) is 0 Å². The van der Waals surface area contributed by atoms with E-state index in [2.05, 4.69) is 17.3 Å². The first-order valence-corrected chi connectivity index (χ1v) is 9.78. The highest BCUT2D eigenvalue weighted by Gasteiger charge is 2.38. The van der Waals surface area contributed by atoms with Crippen molar-refractivity contribution in [2.45, 2.75) is 42.1 Å². The van der Waals surface area contributed by atoms with Gasteiger partial charge in [-0.05, 0) is 50.4 Å². The van der Waals surface area contributed by atoms with Crippen molar-refractivity contribution < 1.29 is 8.42 Å². The molecule has 118 valence electrons. The van der Waals surface area contributed by atoms with Crippen LogP contribution in [0.5, 0.6) is 0 Å². The Balaban J connectivity index is 1.81. The Labute approximate surface area is 131 Å². The molecule has 0 radical (unpaired) electrons. The molecule has 2 fully saturated rings. The Morgan fingerprint density at radius 2 is 2.10 bits per heavy atom. The number of rotatable bonds is 4. The van der Waals surface area contributed by atoms with Gasteiger partial charge in [0.1, 0.15) is 4.21 Å². The summed E-state index contributed by atoms with van der Waals surface area (Å²) in [7, 11) is 0.670. The van der Waals surface area contributed by atoms with Crippen LogP contribution in [-0.4, -0.2) is 56.9 Å². The summed E-state index contributed by atoms with van der Waals surface area (Å²) in [6.07, 6.45) is 3.27. The van der Waals surface area contributed by atoms with Crippen molar-refractivity contribution in [1.82, 2.24) is 14.5 Å². The number of hydrogen-bond acceptors (Lipinski definition) is 5. The van der Waals surface area contributed by atoms with Crippen molar-refractivity contribution in [2.24, 2.45) is 0 Å². The van der Waals surface area contributed by atoms with E-state index in [1.54, 1.807) is 4.31 Å². The Bertz CT molecular complexity index is 599. The Hall–Kier alpha value is -0.470. The van der Waals surface area contributed by atoms with Crippen LogP contribution in [0.1, 0.15) is 24.8 Å². The summed E-state index contributed by atoms with van der Waals surface area (Å²) < 4.78 is 27.9. The van der Waals surface area contributed by atoms with E-state index in [0.717, 1.165) is 18.4 Å². The summed E-state index contributed by atoms with van der Waals surface area (Å²) in [6, 6.07) is 2.74. The van der Waals surface area contributed by atoms with E-state index in [-0.39, 0.29) is 0 Å². The fraction of sp³-hybridized carbons (Fsp3) is 0.714. The molecule has 0 amide bonds. The van der Waals surface area contributed by atoms with Gasteiger partial charge in [-0.15, -0.1) is 11.3 Å². The van der Waals surface area contributed by atoms with E-state index in [0.29, 0.717) is 35.9 Å². The molecule has 3 rings (SSSR count). The Morgan fingerprint density at radius 1 is 1.33 bits per heavy atom. The minimum absolute atomic E-state index is 0.379. The van der Waals surface area contributed by atoms with E-state index in [4.69, 9.17) is 0 Å². The van der Waals surface area contributed by atoms with Crippen molar-refractivity contribution in [1.29, 1.82) is 0 Å². The van der Waals surface area contributed by atoms with Crippen LogP contribution >= 0.6 is 11.3 Å². The van der Waals surface area contributed by atoms with Gasteiger partial charge in [0.05, 0.1) is 0 Å². The van der Waals surface area contributed by atoms with Gasteiger partial charge in [-0.3, -0.25) is 4.90 Å². The first-order chi connectivity index (χ1) is 10.0. The molecule has 2 bridgehead atoms. The zero-order valence-corrected chi connectivity index (χ0v) is 14.2. The molecule has 5 nitrogen and oxygen atoms in total. The van der Waals surface area contributed by atoms with Gasteiger partial charge in [0.15, 0.2) is 0 Å². The second-order valence-electron chi connectivity index (χ2n) is 6.01. The zero-order chi connectivity index (χ0) is 15.0. The predicted molar refractivity (Wildman–Crippen MR) is 85.0 cm³/mol. The fourth-order valence-electron chi connectivity index (χ4n) is 3.41. The second-order valence-corrected chi connectivity index (χ2v) is 9.08. The van der Waals surface area contributed by atoms with Gasteiger partial charge in [-0.1, -0.05) is 0 Å². The topological polar surface area (TPSA) is 52.7 Å². The molecule has 0 aliphatic carbocycles. The summed E-state index contributed by atoms with van der Waals surface area (Å²) in [5.41, 5.74) is 1.04. The smallest absolute Gasteiger partial charge is 0.252 e. The van der Waals surface area contributed by atoms with E-state index in [9.17, 15) is 8.42 Å². The third kappa shape index (κ3) is 2.90. The van der Waals surface area contributed by atoms with Crippen LogP contribution in [0.25, 0.3) is 0 Å². The van der Waals surface area contributed by atoms with Gasteiger partial charge in [0.25, 0.3) is 10.0 Å². The van der Waals surface area contributed by atoms with Crippen LogP contribution in [0.2, 0.25) is 0 Å². The number of hydrogen-bond donors (Lipinski definition) is 1. The molecule has 21 heavy (non-hydrogen) atoms. The highest BCUT2D eigenvalue weighted by atomic mass is 32.2. The van der Waals surface area contributed by atoms with Crippen molar-refractivity contribution in [3.05, 3.63) is 17.0 Å². The zero-order valence-electron chi connectivity index (χ0n) is 12.6. The molecule has 3 heterocycles. The minimum atomic E-state index is -3.33. The quantitative estimate of drug-likeness (QED) is 0.905. The molecule has 0 saturated carbocycles. The number of nitrogens with zero attached hydrogens (tertiary/aromatic N) is 2. The van der Waals surface area contributed by atoms with Crippen molar-refractivity contribution >= 4 is 21.4 Å². The number of sulfonamides is 1. The molecular formula is C14H23N3O2S2. The lowest BCUT2D eigenvalue weighted by Gasteiger charge is -2.24. The van der Waals surface area contributed by atoms with Crippen LogP contribution in [0.4, 0.5) is 0 Å². The molecule has 2 aliphatic rings. The summed E-state index contributed by atoms with van der Waals surface area (Å²) >= 11 is 1.33. The standard InChI is InChI=1S/C14H23N3O2S2/c1-15-8-11-7-14(20-10-11)21(18,19)17-6-5-12-3-4-13(9-17)16(12)2/h7,10,12-13,15H,3-6,8-9H2,1-2H3. The van der Waals surface area contributed by atoms with E-state index in [1.807, 2.05) is 18.5 Å². The largest absolute Gasteiger partial charge is 0.316 e. The molecule has 1 aromatic heterocycles. The van der Waals surface area contributed by atoms with E-state index in [1.165, 1.54) is 17.8 Å². The number of thiophene rings is 1. The lowest BCUT2D eigenvalue weighted by Crippen LogP contribution is -2.39. The monoisotopic (exact) mass is 329 g/mol. The first kappa shape index (κ1) is 15.4. The minimum Gasteiger partial charge on any atom is -0.316 e. The molecule has 0 aromatic carbocycles. The summed E-state index contributed by atoms with van der Waals surface area (Å²) in [4.78, 5) is 2.37. The average molecular weight is 329 g/mol. The summed E-state index contributed by atoms with van der Waals surface area (Å²) in [6.45, 7) is 1.99. The molecule has 1 N–H and O–H groups in total. The molecule has 0 spiro atoms. The van der Waals surface area contributed by atoms with Crippen molar-refractivity contribution in [3.8, 4) is 0 Å². The molecular weight excluding hydrogens is 306 g/mol. The van der Waals surface area contributed by atoms with Crippen LogP contribution in [0.3, 0.4) is 0 Å². The summed E-state index contributed by atoms with van der Waals surface area (Å²) in [5, 5.41) is 4.99. The maximum absolute atomic E-state index is 12.8. The van der Waals surface area contributed by atoms with Crippen LogP contribution in [0.15, 0.2) is 15.7 Å². The predicted octanol–water partition coefficient (Wildman–Crippen LogP) is 1.32. The van der Waals surface area contributed by atoms with Gasteiger partial charge in [-0.25, -0.2) is 8.42 Å². The number of likely N-dealkylation sites (N-methyl/N-ethyl adjacent to an activating group) is 1. The lowest BCUT2D eigenvalue weighted by atomic mass is 10.1. The van der Waals surface area contributed by atoms with Gasteiger partial charge < -0.3 is 5.32 Å². The number of nitrogens with one attached hydrogen (secondary N) is 1. The van der Waals surface area contributed by atoms with Crippen molar-refractivity contribution in [2.75, 3.05) is 27.2 Å². The van der Waals surface area contributed by atoms with E-state index >= 15 is 0 Å². The molecule has 2 saturated heterocycles. The van der Waals surface area contributed by atoms with Crippen LogP contribution < -0.4 is 5.32 Å². The third-order valence-electron chi connectivity index (χ3n) is 4.72. The van der Waals surface area contributed by atoms with Gasteiger partial charge in [-0.2, -0.15) is 4.31 Å². The highest BCUT2D eigenvalue weighted by molar-refractivity contribution is 7.91. The first-order valence-electron chi connectivity index (χ1n) is 7.46. The normalized spacial score (nSPS) is 27.9. The highest BCUT2D eigenvalue weighted by Crippen LogP contribution is 2.32. The third-order valence-corrected chi connectivity index (χ3v) is 8.05. The van der Waals surface area contributed by atoms with Crippen LogP contribution in [0, 0.1) is 0 Å². The Kier molecular flexibility index (Phi) is 4.38. The average Bonchev–Trinajstić information content (AvgIpc) is 2.96. The molecule has 1 aromatic rings. The summed E-state index contributed by atoms with van der Waals surface area (Å²) in [5.74, 6) is 0. The van der Waals surface area contributed by atoms with Gasteiger partial charge in [0, 0.05) is 31.7 Å². The molecule has 7 heteroatoms. The molecule has 2 atom stereocenters. The maximum Gasteiger partial charge on any atom is 0.252 e. The second kappa shape index (κ2) is 5.96. The van der Waals surface area contributed by atoms with Crippen molar-refractivity contribution in [3.63, 3.8) is 0 Å². The Morgan fingerprint density at radius 3 is 2.86 bits per heavy atom.